The van der Waals surface area contributed by atoms with Crippen molar-refractivity contribution in [2.45, 2.75) is 64.9 Å². The number of benzene rings is 3. The smallest absolute Gasteiger partial charge is 0.264 e. The molecule has 0 unspecified atom stereocenters. The summed E-state index contributed by atoms with van der Waals surface area (Å²) in [6.07, 6.45) is 1.73. The molecule has 0 aliphatic rings. The van der Waals surface area contributed by atoms with Crippen LogP contribution in [0.3, 0.4) is 0 Å². The van der Waals surface area contributed by atoms with Crippen molar-refractivity contribution < 1.29 is 18.0 Å². The number of amides is 2. The third-order valence-electron chi connectivity index (χ3n) is 6.75. The molecule has 2 amide bonds. The van der Waals surface area contributed by atoms with Gasteiger partial charge < -0.3 is 10.2 Å². The fraction of sp³-hybridized carbons (Fsp3) is 0.355. The van der Waals surface area contributed by atoms with Crippen molar-refractivity contribution in [2.75, 3.05) is 17.4 Å². The van der Waals surface area contributed by atoms with Crippen LogP contribution in [0.5, 0.6) is 0 Å². The molecule has 0 saturated heterocycles. The molecular weight excluding hydrogens is 546 g/mol. The molecule has 0 aliphatic heterocycles. The van der Waals surface area contributed by atoms with E-state index in [1.165, 1.54) is 4.90 Å². The molecule has 9 heteroatoms. The fourth-order valence-corrected chi connectivity index (χ4v) is 6.08. The number of nitrogens with zero attached hydrogens (tertiary/aromatic N) is 2. The number of hydrogen-bond acceptors (Lipinski definition) is 4. The molecule has 0 bridgehead atoms. The van der Waals surface area contributed by atoms with E-state index < -0.39 is 28.5 Å². The highest BCUT2D eigenvalue weighted by Gasteiger charge is 2.33. The van der Waals surface area contributed by atoms with Gasteiger partial charge in [0, 0.05) is 18.1 Å². The summed E-state index contributed by atoms with van der Waals surface area (Å²) < 4.78 is 29.1. The van der Waals surface area contributed by atoms with Crippen molar-refractivity contribution in [2.24, 2.45) is 0 Å². The first-order chi connectivity index (χ1) is 18.9. The summed E-state index contributed by atoms with van der Waals surface area (Å²) in [5.41, 5.74) is 3.75. The lowest BCUT2D eigenvalue weighted by Crippen LogP contribution is -2.51. The lowest BCUT2D eigenvalue weighted by Gasteiger charge is -2.32. The molecule has 1 N–H and O–H groups in total. The second kappa shape index (κ2) is 13.8. The van der Waals surface area contributed by atoms with Crippen LogP contribution in [-0.4, -0.2) is 44.3 Å². The topological polar surface area (TPSA) is 86.8 Å². The molecule has 214 valence electrons. The van der Waals surface area contributed by atoms with Crippen LogP contribution >= 0.6 is 11.6 Å². The van der Waals surface area contributed by atoms with Crippen LogP contribution in [0.25, 0.3) is 0 Å². The van der Waals surface area contributed by atoms with Gasteiger partial charge in [0.25, 0.3) is 10.0 Å². The van der Waals surface area contributed by atoms with Crippen molar-refractivity contribution in [3.8, 4) is 0 Å². The molecule has 3 aromatic rings. The van der Waals surface area contributed by atoms with Crippen LogP contribution in [-0.2, 0) is 26.2 Å². The molecule has 0 spiro atoms. The Bertz CT molecular complexity index is 1440. The van der Waals surface area contributed by atoms with E-state index in [-0.39, 0.29) is 17.3 Å². The first-order valence-corrected chi connectivity index (χ1v) is 15.2. The van der Waals surface area contributed by atoms with Gasteiger partial charge in [0.15, 0.2) is 0 Å². The zero-order valence-corrected chi connectivity index (χ0v) is 25.3. The van der Waals surface area contributed by atoms with E-state index in [4.69, 9.17) is 11.6 Å². The van der Waals surface area contributed by atoms with E-state index in [0.717, 1.165) is 39.4 Å². The maximum Gasteiger partial charge on any atom is 0.264 e. The van der Waals surface area contributed by atoms with Crippen molar-refractivity contribution in [3.05, 3.63) is 94.0 Å². The number of anilines is 1. The molecule has 3 rings (SSSR count). The summed E-state index contributed by atoms with van der Waals surface area (Å²) in [7, 11) is -4.11. The Morgan fingerprint density at radius 2 is 1.62 bits per heavy atom. The van der Waals surface area contributed by atoms with Crippen LogP contribution < -0.4 is 9.62 Å². The number of nitrogens with one attached hydrogen (secondary N) is 1. The van der Waals surface area contributed by atoms with E-state index >= 15 is 0 Å². The SMILES string of the molecule is CCCCNC(=O)[C@@H](C)N(Cc1cccc(Cl)c1)C(=O)CN(c1ccc(C)cc1C)S(=O)(=O)c1ccc(C)cc1. The van der Waals surface area contributed by atoms with Crippen LogP contribution in [0.2, 0.25) is 5.02 Å². The third-order valence-corrected chi connectivity index (χ3v) is 8.76. The molecule has 40 heavy (non-hydrogen) atoms. The number of halogens is 1. The van der Waals surface area contributed by atoms with Gasteiger partial charge in [-0.2, -0.15) is 0 Å². The average Bonchev–Trinajstić information content (AvgIpc) is 2.90. The summed E-state index contributed by atoms with van der Waals surface area (Å²) in [6.45, 7) is 9.41. The predicted molar refractivity (Wildman–Crippen MR) is 161 cm³/mol. The summed E-state index contributed by atoms with van der Waals surface area (Å²) in [5.74, 6) is -0.808. The molecule has 0 aromatic heterocycles. The highest BCUT2D eigenvalue weighted by Crippen LogP contribution is 2.28. The molecule has 0 saturated carbocycles. The van der Waals surface area contributed by atoms with Crippen molar-refractivity contribution in [1.29, 1.82) is 0 Å². The van der Waals surface area contributed by atoms with Crippen LogP contribution in [0, 0.1) is 20.8 Å². The van der Waals surface area contributed by atoms with Crippen LogP contribution in [0.15, 0.2) is 71.6 Å². The van der Waals surface area contributed by atoms with E-state index in [1.54, 1.807) is 55.5 Å². The van der Waals surface area contributed by atoms with E-state index in [0.29, 0.717) is 17.3 Å². The molecule has 0 aliphatic carbocycles. The second-order valence-electron chi connectivity index (χ2n) is 10.1. The van der Waals surface area contributed by atoms with Crippen LogP contribution in [0.4, 0.5) is 5.69 Å². The quantitative estimate of drug-likeness (QED) is 0.273. The summed E-state index contributed by atoms with van der Waals surface area (Å²) in [4.78, 5) is 28.6. The predicted octanol–water partition coefficient (Wildman–Crippen LogP) is 5.79. The standard InChI is InChI=1S/C31H38ClN3O4S/c1-6-7-17-33-31(37)25(5)34(20-26-9-8-10-27(32)19-26)30(36)21-35(29-16-13-23(3)18-24(29)4)40(38,39)28-14-11-22(2)12-15-28/h8-16,18-19,25H,6-7,17,20-21H2,1-5H3,(H,33,37)/t25-/m1/s1. The fourth-order valence-electron chi connectivity index (χ4n) is 4.39. The van der Waals surface area contributed by atoms with Gasteiger partial charge in [-0.05, 0) is 75.6 Å². The largest absolute Gasteiger partial charge is 0.354 e. The normalized spacial score (nSPS) is 12.1. The zero-order chi connectivity index (χ0) is 29.4. The molecule has 1 atom stereocenters. The summed E-state index contributed by atoms with van der Waals surface area (Å²) in [6, 6.07) is 18.2. The molecule has 0 fully saturated rings. The van der Waals surface area contributed by atoms with Gasteiger partial charge in [0.05, 0.1) is 10.6 Å². The first kappa shape index (κ1) is 31.2. The highest BCUT2D eigenvalue weighted by molar-refractivity contribution is 7.92. The average molecular weight is 584 g/mol. The van der Waals surface area contributed by atoms with Crippen molar-refractivity contribution in [1.82, 2.24) is 10.2 Å². The summed E-state index contributed by atoms with van der Waals surface area (Å²) in [5, 5.41) is 3.39. The maximum absolute atomic E-state index is 14.0. The van der Waals surface area contributed by atoms with Gasteiger partial charge in [0.2, 0.25) is 11.8 Å². The van der Waals surface area contributed by atoms with Gasteiger partial charge >= 0.3 is 0 Å². The number of carbonyl (C=O) groups excluding carboxylic acids is 2. The number of carbonyl (C=O) groups is 2. The zero-order valence-electron chi connectivity index (χ0n) is 23.8. The van der Waals surface area contributed by atoms with Crippen molar-refractivity contribution in [3.63, 3.8) is 0 Å². The number of rotatable bonds is 12. The van der Waals surface area contributed by atoms with Crippen LogP contribution in [0.1, 0.15) is 48.9 Å². The number of hydrogen-bond donors (Lipinski definition) is 1. The Labute approximate surface area is 243 Å². The van der Waals surface area contributed by atoms with Gasteiger partial charge in [-0.3, -0.25) is 13.9 Å². The first-order valence-electron chi connectivity index (χ1n) is 13.4. The van der Waals surface area contributed by atoms with Gasteiger partial charge in [-0.1, -0.05) is 72.5 Å². The minimum Gasteiger partial charge on any atom is -0.354 e. The van der Waals surface area contributed by atoms with E-state index in [9.17, 15) is 18.0 Å². The van der Waals surface area contributed by atoms with Gasteiger partial charge in [0.1, 0.15) is 12.6 Å². The number of aryl methyl sites for hydroxylation is 3. The molecule has 7 nitrogen and oxygen atoms in total. The number of unbranched alkanes of at least 4 members (excludes halogenated alkanes) is 1. The van der Waals surface area contributed by atoms with E-state index in [2.05, 4.69) is 5.32 Å². The number of sulfonamides is 1. The Kier molecular flexibility index (Phi) is 10.8. The van der Waals surface area contributed by atoms with Gasteiger partial charge in [-0.15, -0.1) is 0 Å². The second-order valence-corrected chi connectivity index (χ2v) is 12.4. The Morgan fingerprint density at radius 3 is 2.25 bits per heavy atom. The lowest BCUT2D eigenvalue weighted by atomic mass is 10.1. The monoisotopic (exact) mass is 583 g/mol. The molecule has 3 aromatic carbocycles. The minimum absolute atomic E-state index is 0.0811. The van der Waals surface area contributed by atoms with E-state index in [1.807, 2.05) is 45.9 Å². The minimum atomic E-state index is -4.11. The Balaban J connectivity index is 2.04. The van der Waals surface area contributed by atoms with Crippen molar-refractivity contribution >= 4 is 39.1 Å². The van der Waals surface area contributed by atoms with Gasteiger partial charge in [-0.25, -0.2) is 8.42 Å². The Hall–Kier alpha value is -3.36. The highest BCUT2D eigenvalue weighted by atomic mass is 35.5. The lowest BCUT2D eigenvalue weighted by molar-refractivity contribution is -0.139. The molecular formula is C31H38ClN3O4S. The third kappa shape index (κ3) is 7.86. The Morgan fingerprint density at radius 1 is 0.950 bits per heavy atom. The molecule has 0 radical (unpaired) electrons. The maximum atomic E-state index is 14.0. The molecule has 0 heterocycles. The summed E-state index contributed by atoms with van der Waals surface area (Å²) >= 11 is 6.20.